The fourth-order valence-electron chi connectivity index (χ4n) is 5.58. The van der Waals surface area contributed by atoms with E-state index < -0.39 is 0 Å². The highest BCUT2D eigenvalue weighted by Gasteiger charge is 2.50. The van der Waals surface area contributed by atoms with Gasteiger partial charge < -0.3 is 10.1 Å². The molecule has 0 unspecified atom stereocenters. The second kappa shape index (κ2) is 6.32. The lowest BCUT2D eigenvalue weighted by Gasteiger charge is -2.56. The molecule has 5 rings (SSSR count). The first-order valence-corrected chi connectivity index (χ1v) is 9.65. The Bertz CT molecular complexity index is 613. The second-order valence-corrected chi connectivity index (χ2v) is 8.91. The third-order valence-electron chi connectivity index (χ3n) is 6.08. The number of halogens is 2. The van der Waals surface area contributed by atoms with Crippen LogP contribution in [0.2, 0.25) is 0 Å². The molecule has 24 heavy (non-hydrogen) atoms. The maximum Gasteiger partial charge on any atom is 0.257 e. The highest BCUT2D eigenvalue weighted by Crippen LogP contribution is 2.59. The number of amides is 1. The van der Waals surface area contributed by atoms with Crippen LogP contribution >= 0.6 is 15.9 Å². The van der Waals surface area contributed by atoms with E-state index in [2.05, 4.69) is 21.2 Å². The lowest BCUT2D eigenvalue weighted by atomic mass is 9.49. The molecule has 1 aromatic rings. The highest BCUT2D eigenvalue weighted by molar-refractivity contribution is 9.10. The summed E-state index contributed by atoms with van der Waals surface area (Å²) in [6.45, 7) is 0.750. The van der Waals surface area contributed by atoms with E-state index >= 15 is 0 Å². The van der Waals surface area contributed by atoms with E-state index in [1.54, 1.807) is 0 Å². The number of ether oxygens (including phenoxy) is 1. The standard InChI is InChI=1S/C19H23BrFNO2/c20-16-6-15(21)1-2-17(16)24-10-18(23)22-11-19-7-12-3-13(8-19)5-14(4-12)9-19/h1-2,6,12-14H,3-5,7-11H2,(H,22,23). The van der Waals surface area contributed by atoms with E-state index in [0.717, 1.165) is 24.3 Å². The molecule has 0 radical (unpaired) electrons. The number of carbonyl (C=O) groups is 1. The molecule has 4 aliphatic rings. The van der Waals surface area contributed by atoms with E-state index in [-0.39, 0.29) is 18.3 Å². The molecule has 1 aromatic carbocycles. The Balaban J connectivity index is 1.29. The number of carbonyl (C=O) groups excluding carboxylic acids is 1. The lowest BCUT2D eigenvalue weighted by molar-refractivity contribution is -0.125. The normalized spacial score (nSPS) is 33.5. The van der Waals surface area contributed by atoms with Gasteiger partial charge >= 0.3 is 0 Å². The van der Waals surface area contributed by atoms with E-state index in [4.69, 9.17) is 4.74 Å². The maximum atomic E-state index is 13.1. The van der Waals surface area contributed by atoms with E-state index in [1.807, 2.05) is 0 Å². The molecule has 1 amide bonds. The molecule has 0 spiro atoms. The summed E-state index contributed by atoms with van der Waals surface area (Å²) in [5.41, 5.74) is 0.334. The summed E-state index contributed by atoms with van der Waals surface area (Å²) in [5, 5.41) is 3.09. The minimum Gasteiger partial charge on any atom is -0.483 e. The third-order valence-corrected chi connectivity index (χ3v) is 6.70. The Hall–Kier alpha value is -1.10. The first kappa shape index (κ1) is 16.4. The first-order chi connectivity index (χ1) is 11.5. The summed E-state index contributed by atoms with van der Waals surface area (Å²) in [6, 6.07) is 4.20. The van der Waals surface area contributed by atoms with Gasteiger partial charge in [0.2, 0.25) is 0 Å². The topological polar surface area (TPSA) is 38.3 Å². The van der Waals surface area contributed by atoms with Gasteiger partial charge in [-0.25, -0.2) is 4.39 Å². The minimum absolute atomic E-state index is 0.0312. The molecule has 4 saturated carbocycles. The molecular weight excluding hydrogens is 373 g/mol. The molecule has 4 fully saturated rings. The molecule has 130 valence electrons. The predicted molar refractivity (Wildman–Crippen MR) is 93.2 cm³/mol. The molecule has 0 aliphatic heterocycles. The Morgan fingerprint density at radius 3 is 2.42 bits per heavy atom. The van der Waals surface area contributed by atoms with Crippen LogP contribution in [-0.4, -0.2) is 19.1 Å². The average Bonchev–Trinajstić information content (AvgIpc) is 2.51. The number of nitrogens with one attached hydrogen (secondary N) is 1. The van der Waals surface area contributed by atoms with Crippen molar-refractivity contribution in [1.29, 1.82) is 0 Å². The quantitative estimate of drug-likeness (QED) is 0.806. The molecule has 0 aromatic heterocycles. The SMILES string of the molecule is O=C(COc1ccc(F)cc1Br)NCC12CC3CC(CC(C3)C1)C2. The van der Waals surface area contributed by atoms with Crippen molar-refractivity contribution in [2.75, 3.05) is 13.2 Å². The van der Waals surface area contributed by atoms with Crippen LogP contribution in [0.4, 0.5) is 4.39 Å². The molecule has 4 bridgehead atoms. The zero-order valence-electron chi connectivity index (χ0n) is 13.7. The van der Waals surface area contributed by atoms with Crippen molar-refractivity contribution in [2.24, 2.45) is 23.2 Å². The van der Waals surface area contributed by atoms with Crippen molar-refractivity contribution >= 4 is 21.8 Å². The van der Waals surface area contributed by atoms with Gasteiger partial charge in [0.05, 0.1) is 4.47 Å². The van der Waals surface area contributed by atoms with Crippen LogP contribution in [0, 0.1) is 29.0 Å². The summed E-state index contributed by atoms with van der Waals surface area (Å²) in [6.07, 6.45) is 8.08. The summed E-state index contributed by atoms with van der Waals surface area (Å²) < 4.78 is 19.1. The highest BCUT2D eigenvalue weighted by atomic mass is 79.9. The van der Waals surface area contributed by atoms with Gasteiger partial charge in [-0.1, -0.05) is 0 Å². The van der Waals surface area contributed by atoms with Gasteiger partial charge in [0.25, 0.3) is 5.91 Å². The van der Waals surface area contributed by atoms with E-state index in [1.165, 1.54) is 56.7 Å². The van der Waals surface area contributed by atoms with Crippen LogP contribution in [0.1, 0.15) is 38.5 Å². The predicted octanol–water partition coefficient (Wildman–Crippen LogP) is 4.30. The Labute approximate surface area is 150 Å². The largest absolute Gasteiger partial charge is 0.483 e. The van der Waals surface area contributed by atoms with Gasteiger partial charge in [-0.2, -0.15) is 0 Å². The lowest BCUT2D eigenvalue weighted by Crippen LogP contribution is -2.51. The van der Waals surface area contributed by atoms with Crippen molar-refractivity contribution in [3.63, 3.8) is 0 Å². The smallest absolute Gasteiger partial charge is 0.257 e. The van der Waals surface area contributed by atoms with E-state index in [9.17, 15) is 9.18 Å². The number of benzene rings is 1. The Kier molecular flexibility index (Phi) is 4.31. The van der Waals surface area contributed by atoms with Crippen molar-refractivity contribution < 1.29 is 13.9 Å². The average molecular weight is 396 g/mol. The fraction of sp³-hybridized carbons (Fsp3) is 0.632. The molecule has 0 saturated heterocycles. The van der Waals surface area contributed by atoms with Crippen molar-refractivity contribution in [3.8, 4) is 5.75 Å². The molecular formula is C19H23BrFNO2. The summed E-state index contributed by atoms with van der Waals surface area (Å²) in [7, 11) is 0. The van der Waals surface area contributed by atoms with Crippen LogP contribution in [0.3, 0.4) is 0 Å². The van der Waals surface area contributed by atoms with Gasteiger partial charge in [-0.15, -0.1) is 0 Å². The minimum atomic E-state index is -0.333. The molecule has 5 heteroatoms. The van der Waals surface area contributed by atoms with Gasteiger partial charge in [0, 0.05) is 6.54 Å². The molecule has 0 heterocycles. The summed E-state index contributed by atoms with van der Waals surface area (Å²) in [4.78, 5) is 12.2. The maximum absolute atomic E-state index is 13.1. The summed E-state index contributed by atoms with van der Waals surface area (Å²) >= 11 is 3.25. The van der Waals surface area contributed by atoms with Crippen LogP contribution in [0.25, 0.3) is 0 Å². The number of hydrogen-bond donors (Lipinski definition) is 1. The van der Waals surface area contributed by atoms with Gasteiger partial charge in [-0.05, 0) is 95.8 Å². The third kappa shape index (κ3) is 3.32. The number of rotatable bonds is 5. The van der Waals surface area contributed by atoms with Crippen LogP contribution in [0.5, 0.6) is 5.75 Å². The Morgan fingerprint density at radius 1 is 1.21 bits per heavy atom. The fourth-order valence-corrected chi connectivity index (χ4v) is 6.04. The van der Waals surface area contributed by atoms with Gasteiger partial charge in [-0.3, -0.25) is 4.79 Å². The molecule has 1 N–H and O–H groups in total. The van der Waals surface area contributed by atoms with Crippen LogP contribution in [0.15, 0.2) is 22.7 Å². The monoisotopic (exact) mass is 395 g/mol. The molecule has 4 aliphatic carbocycles. The number of hydrogen-bond acceptors (Lipinski definition) is 2. The van der Waals surface area contributed by atoms with Crippen molar-refractivity contribution in [3.05, 3.63) is 28.5 Å². The molecule has 0 atom stereocenters. The second-order valence-electron chi connectivity index (χ2n) is 8.06. The molecule has 3 nitrogen and oxygen atoms in total. The van der Waals surface area contributed by atoms with Crippen molar-refractivity contribution in [1.82, 2.24) is 5.32 Å². The Morgan fingerprint density at radius 2 is 1.83 bits per heavy atom. The zero-order valence-corrected chi connectivity index (χ0v) is 15.3. The van der Waals surface area contributed by atoms with Gasteiger partial charge in [0.1, 0.15) is 11.6 Å². The van der Waals surface area contributed by atoms with E-state index in [0.29, 0.717) is 15.6 Å². The van der Waals surface area contributed by atoms with Crippen LogP contribution < -0.4 is 10.1 Å². The van der Waals surface area contributed by atoms with Crippen molar-refractivity contribution in [2.45, 2.75) is 38.5 Å². The summed E-state index contributed by atoms with van der Waals surface area (Å²) in [5.74, 6) is 2.72. The first-order valence-electron chi connectivity index (χ1n) is 8.86. The zero-order chi connectivity index (χ0) is 16.7. The van der Waals surface area contributed by atoms with Gasteiger partial charge in [0.15, 0.2) is 6.61 Å². The van der Waals surface area contributed by atoms with Crippen LogP contribution in [-0.2, 0) is 4.79 Å².